The van der Waals surface area contributed by atoms with Gasteiger partial charge in [-0.05, 0) is 43.0 Å². The molecule has 4 rings (SSSR count). The van der Waals surface area contributed by atoms with Gasteiger partial charge in [0, 0.05) is 30.0 Å². The Labute approximate surface area is 153 Å². The molecule has 7 heteroatoms. The van der Waals surface area contributed by atoms with E-state index < -0.39 is 9.84 Å². The van der Waals surface area contributed by atoms with Crippen LogP contribution >= 0.6 is 0 Å². The van der Waals surface area contributed by atoms with Crippen LogP contribution in [0, 0.1) is 0 Å². The van der Waals surface area contributed by atoms with Crippen LogP contribution in [0.15, 0.2) is 42.6 Å². The van der Waals surface area contributed by atoms with Crippen LogP contribution in [0.25, 0.3) is 0 Å². The number of para-hydroxylation sites is 1. The Morgan fingerprint density at radius 3 is 2.88 bits per heavy atom. The average Bonchev–Trinajstić information content (AvgIpc) is 2.99. The van der Waals surface area contributed by atoms with Gasteiger partial charge >= 0.3 is 0 Å². The monoisotopic (exact) mass is 371 g/mol. The number of hydrogen-bond acceptors (Lipinski definition) is 5. The molecular formula is C19H21N3O3S. The summed E-state index contributed by atoms with van der Waals surface area (Å²) >= 11 is 0. The Morgan fingerprint density at radius 2 is 2.08 bits per heavy atom. The second-order valence-electron chi connectivity index (χ2n) is 6.86. The van der Waals surface area contributed by atoms with Crippen molar-refractivity contribution in [2.45, 2.75) is 25.3 Å². The molecule has 2 aliphatic rings. The molecule has 0 bridgehead atoms. The van der Waals surface area contributed by atoms with Gasteiger partial charge in [-0.2, -0.15) is 0 Å². The molecule has 3 heterocycles. The maximum Gasteiger partial charge on any atom is 0.258 e. The number of amides is 1. The molecule has 0 saturated carbocycles. The number of nitrogens with one attached hydrogen (secondary N) is 1. The first-order valence-electron chi connectivity index (χ1n) is 8.85. The molecule has 1 saturated heterocycles. The normalized spacial score (nSPS) is 21.2. The zero-order valence-corrected chi connectivity index (χ0v) is 15.2. The average molecular weight is 371 g/mol. The number of hydrogen-bond donors (Lipinski definition) is 1. The Balaban J connectivity index is 1.54. The van der Waals surface area contributed by atoms with Gasteiger partial charge in [0.1, 0.15) is 5.82 Å². The van der Waals surface area contributed by atoms with E-state index in [1.807, 2.05) is 23.1 Å². The number of pyridine rings is 1. The van der Waals surface area contributed by atoms with E-state index in [0.717, 1.165) is 18.5 Å². The molecular weight excluding hydrogens is 350 g/mol. The molecule has 1 atom stereocenters. The number of aromatic nitrogens is 1. The molecule has 0 spiro atoms. The highest BCUT2D eigenvalue weighted by atomic mass is 32.2. The lowest BCUT2D eigenvalue weighted by Crippen LogP contribution is -2.35. The second kappa shape index (κ2) is 6.72. The third kappa shape index (κ3) is 3.44. The molecule has 1 unspecified atom stereocenters. The van der Waals surface area contributed by atoms with E-state index in [2.05, 4.69) is 16.4 Å². The topological polar surface area (TPSA) is 79.4 Å². The van der Waals surface area contributed by atoms with E-state index in [1.165, 1.54) is 5.56 Å². The number of sulfone groups is 1. The van der Waals surface area contributed by atoms with Crippen LogP contribution in [0.3, 0.4) is 0 Å². The summed E-state index contributed by atoms with van der Waals surface area (Å²) in [7, 11) is -2.96. The highest BCUT2D eigenvalue weighted by Gasteiger charge is 2.28. The highest BCUT2D eigenvalue weighted by Crippen LogP contribution is 2.28. The number of fused-ring (bicyclic) bond motifs is 1. The predicted octanol–water partition coefficient (Wildman–Crippen LogP) is 2.27. The van der Waals surface area contributed by atoms with Crippen molar-refractivity contribution >= 4 is 27.2 Å². The van der Waals surface area contributed by atoms with Crippen molar-refractivity contribution in [2.75, 3.05) is 28.3 Å². The number of aryl methyl sites for hydroxylation is 1. The van der Waals surface area contributed by atoms with Gasteiger partial charge in [-0.3, -0.25) is 4.79 Å². The fourth-order valence-electron chi connectivity index (χ4n) is 3.66. The molecule has 1 aromatic heterocycles. The minimum atomic E-state index is -2.96. The van der Waals surface area contributed by atoms with Crippen LogP contribution < -0.4 is 10.2 Å². The molecule has 1 N–H and O–H groups in total. The first-order valence-corrected chi connectivity index (χ1v) is 10.7. The van der Waals surface area contributed by atoms with E-state index >= 15 is 0 Å². The molecule has 1 amide bonds. The van der Waals surface area contributed by atoms with Gasteiger partial charge in [-0.15, -0.1) is 0 Å². The summed E-state index contributed by atoms with van der Waals surface area (Å²) in [5, 5.41) is 3.15. The second-order valence-corrected chi connectivity index (χ2v) is 9.09. The van der Waals surface area contributed by atoms with Crippen molar-refractivity contribution in [3.05, 3.63) is 53.7 Å². The molecule has 1 aromatic carbocycles. The maximum absolute atomic E-state index is 13.0. The van der Waals surface area contributed by atoms with Crippen molar-refractivity contribution < 1.29 is 13.2 Å². The van der Waals surface area contributed by atoms with Crippen LogP contribution in [-0.4, -0.2) is 43.4 Å². The SMILES string of the molecule is O=C(c1ccnc(NC2CCS(=O)(=O)C2)c1)N1CCCc2ccccc21. The fourth-order valence-corrected chi connectivity index (χ4v) is 5.33. The van der Waals surface area contributed by atoms with Crippen LogP contribution in [0.5, 0.6) is 0 Å². The highest BCUT2D eigenvalue weighted by molar-refractivity contribution is 7.91. The molecule has 0 aliphatic carbocycles. The number of nitrogens with zero attached hydrogens (tertiary/aromatic N) is 2. The molecule has 2 aliphatic heterocycles. The largest absolute Gasteiger partial charge is 0.366 e. The van der Waals surface area contributed by atoms with E-state index in [-0.39, 0.29) is 23.5 Å². The predicted molar refractivity (Wildman–Crippen MR) is 101 cm³/mol. The van der Waals surface area contributed by atoms with Gasteiger partial charge < -0.3 is 10.2 Å². The van der Waals surface area contributed by atoms with Crippen molar-refractivity contribution in [2.24, 2.45) is 0 Å². The summed E-state index contributed by atoms with van der Waals surface area (Å²) in [4.78, 5) is 19.1. The minimum absolute atomic E-state index is 0.0540. The summed E-state index contributed by atoms with van der Waals surface area (Å²) in [5.41, 5.74) is 2.72. The third-order valence-corrected chi connectivity index (χ3v) is 6.71. The standard InChI is InChI=1S/C19H21N3O3S/c23-19(22-10-3-5-14-4-1-2-6-17(14)22)15-7-9-20-18(12-15)21-16-8-11-26(24,25)13-16/h1-2,4,6-7,9,12,16H,3,5,8,10-11,13H2,(H,20,21). The summed E-state index contributed by atoms with van der Waals surface area (Å²) in [6.45, 7) is 0.696. The summed E-state index contributed by atoms with van der Waals surface area (Å²) in [6, 6.07) is 11.3. The lowest BCUT2D eigenvalue weighted by atomic mass is 10.0. The number of carbonyl (C=O) groups excluding carboxylic acids is 1. The van der Waals surface area contributed by atoms with Crippen LogP contribution in [0.4, 0.5) is 11.5 Å². The van der Waals surface area contributed by atoms with E-state index in [9.17, 15) is 13.2 Å². The van der Waals surface area contributed by atoms with Crippen LogP contribution in [0.1, 0.15) is 28.8 Å². The minimum Gasteiger partial charge on any atom is -0.366 e. The number of rotatable bonds is 3. The van der Waals surface area contributed by atoms with E-state index in [0.29, 0.717) is 24.3 Å². The van der Waals surface area contributed by atoms with Crippen molar-refractivity contribution in [3.8, 4) is 0 Å². The molecule has 1 fully saturated rings. The molecule has 136 valence electrons. The van der Waals surface area contributed by atoms with Gasteiger partial charge in [0.15, 0.2) is 9.84 Å². The quantitative estimate of drug-likeness (QED) is 0.895. The smallest absolute Gasteiger partial charge is 0.258 e. The molecule has 26 heavy (non-hydrogen) atoms. The Hall–Kier alpha value is -2.41. The van der Waals surface area contributed by atoms with Crippen LogP contribution in [0.2, 0.25) is 0 Å². The molecule has 2 aromatic rings. The van der Waals surface area contributed by atoms with Gasteiger partial charge in [0.05, 0.1) is 11.5 Å². The Kier molecular flexibility index (Phi) is 4.40. The lowest BCUT2D eigenvalue weighted by molar-refractivity contribution is 0.0985. The van der Waals surface area contributed by atoms with Crippen molar-refractivity contribution in [3.63, 3.8) is 0 Å². The van der Waals surface area contributed by atoms with Gasteiger partial charge in [-0.25, -0.2) is 13.4 Å². The third-order valence-electron chi connectivity index (χ3n) is 4.95. The first-order chi connectivity index (χ1) is 12.5. The Morgan fingerprint density at radius 1 is 1.23 bits per heavy atom. The zero-order valence-electron chi connectivity index (χ0n) is 14.4. The summed E-state index contributed by atoms with van der Waals surface area (Å²) in [6.07, 6.45) is 4.09. The fraction of sp³-hybridized carbons (Fsp3) is 0.368. The maximum atomic E-state index is 13.0. The van der Waals surface area contributed by atoms with Crippen molar-refractivity contribution in [1.29, 1.82) is 0 Å². The first kappa shape index (κ1) is 17.0. The van der Waals surface area contributed by atoms with Crippen molar-refractivity contribution in [1.82, 2.24) is 4.98 Å². The summed E-state index contributed by atoms with van der Waals surface area (Å²) in [5.74, 6) is 0.810. The number of carbonyl (C=O) groups is 1. The number of benzene rings is 1. The van der Waals surface area contributed by atoms with Gasteiger partial charge in [0.25, 0.3) is 5.91 Å². The van der Waals surface area contributed by atoms with Gasteiger partial charge in [0.2, 0.25) is 0 Å². The lowest BCUT2D eigenvalue weighted by Gasteiger charge is -2.29. The van der Waals surface area contributed by atoms with E-state index in [1.54, 1.807) is 18.3 Å². The molecule has 0 radical (unpaired) electrons. The summed E-state index contributed by atoms with van der Waals surface area (Å²) < 4.78 is 23.2. The van der Waals surface area contributed by atoms with E-state index in [4.69, 9.17) is 0 Å². The number of anilines is 2. The van der Waals surface area contributed by atoms with Gasteiger partial charge in [-0.1, -0.05) is 18.2 Å². The zero-order chi connectivity index (χ0) is 18.1. The van der Waals surface area contributed by atoms with Crippen LogP contribution in [-0.2, 0) is 16.3 Å². The molecule has 6 nitrogen and oxygen atoms in total. The Bertz CT molecular complexity index is 943.